The van der Waals surface area contributed by atoms with Gasteiger partial charge in [0.25, 0.3) is 0 Å². The smallest absolute Gasteiger partial charge is 0.416 e. The van der Waals surface area contributed by atoms with Gasteiger partial charge in [0.1, 0.15) is 18.0 Å². The van der Waals surface area contributed by atoms with Crippen LogP contribution < -0.4 is 5.32 Å². The second kappa shape index (κ2) is 5.93. The van der Waals surface area contributed by atoms with Gasteiger partial charge in [-0.3, -0.25) is 0 Å². The van der Waals surface area contributed by atoms with E-state index in [1.165, 1.54) is 6.07 Å². The first-order valence-corrected chi connectivity index (χ1v) is 7.93. The van der Waals surface area contributed by atoms with Crippen molar-refractivity contribution in [3.05, 3.63) is 59.2 Å². The second-order valence-corrected chi connectivity index (χ2v) is 6.14. The Morgan fingerprint density at radius 3 is 2.60 bits per heavy atom. The van der Waals surface area contributed by atoms with Crippen molar-refractivity contribution in [3.8, 4) is 5.75 Å². The Labute approximate surface area is 142 Å². The predicted octanol–water partition coefficient (Wildman–Crippen LogP) is 4.03. The van der Waals surface area contributed by atoms with Crippen LogP contribution in [0.25, 0.3) is 0 Å². The summed E-state index contributed by atoms with van der Waals surface area (Å²) in [6.07, 6.45) is -5.49. The van der Waals surface area contributed by atoms with Crippen LogP contribution in [0, 0.1) is 0 Å². The maximum Gasteiger partial charge on any atom is 0.416 e. The highest BCUT2D eigenvalue weighted by Crippen LogP contribution is 2.46. The molecule has 0 saturated carbocycles. The molecule has 4 nitrogen and oxygen atoms in total. The average molecular weight is 351 g/mol. The van der Waals surface area contributed by atoms with Crippen molar-refractivity contribution in [1.29, 1.82) is 0 Å². The van der Waals surface area contributed by atoms with Gasteiger partial charge >= 0.3 is 6.18 Å². The van der Waals surface area contributed by atoms with E-state index in [4.69, 9.17) is 9.47 Å². The van der Waals surface area contributed by atoms with Gasteiger partial charge in [-0.05, 0) is 35.9 Å². The topological polar surface area (TPSA) is 50.7 Å². The number of ether oxygens (including phenoxy) is 2. The number of aromatic hydroxyl groups is 1. The molecule has 25 heavy (non-hydrogen) atoms. The molecule has 4 rings (SSSR count). The summed E-state index contributed by atoms with van der Waals surface area (Å²) in [5.74, 6) is 0.116. The average Bonchev–Trinajstić information content (AvgIpc) is 2.60. The first kappa shape index (κ1) is 16.2. The molecule has 1 fully saturated rings. The quantitative estimate of drug-likeness (QED) is 0.814. The number of hydrogen-bond donors (Lipinski definition) is 2. The third-order valence-corrected chi connectivity index (χ3v) is 4.54. The Morgan fingerprint density at radius 2 is 1.84 bits per heavy atom. The van der Waals surface area contributed by atoms with Crippen molar-refractivity contribution >= 4 is 5.69 Å². The number of phenols is 1. The van der Waals surface area contributed by atoms with Gasteiger partial charge < -0.3 is 19.9 Å². The highest BCUT2D eigenvalue weighted by Gasteiger charge is 2.42. The van der Waals surface area contributed by atoms with E-state index in [0.29, 0.717) is 24.5 Å². The van der Waals surface area contributed by atoms with Crippen LogP contribution in [0.3, 0.4) is 0 Å². The minimum atomic E-state index is -4.41. The van der Waals surface area contributed by atoms with E-state index in [1.54, 1.807) is 18.2 Å². The lowest BCUT2D eigenvalue weighted by Crippen LogP contribution is -2.43. The van der Waals surface area contributed by atoms with Crippen molar-refractivity contribution in [1.82, 2.24) is 0 Å². The van der Waals surface area contributed by atoms with Gasteiger partial charge in [0, 0.05) is 11.3 Å². The van der Waals surface area contributed by atoms with E-state index in [0.717, 1.165) is 17.7 Å². The van der Waals surface area contributed by atoms with E-state index in [2.05, 4.69) is 5.32 Å². The molecule has 2 N–H and O–H groups in total. The zero-order chi connectivity index (χ0) is 17.6. The van der Waals surface area contributed by atoms with Gasteiger partial charge in [0.05, 0.1) is 24.8 Å². The van der Waals surface area contributed by atoms with E-state index in [1.807, 2.05) is 6.07 Å². The van der Waals surface area contributed by atoms with Crippen LogP contribution >= 0.6 is 0 Å². The van der Waals surface area contributed by atoms with Crippen LogP contribution in [0.5, 0.6) is 5.75 Å². The second-order valence-electron chi connectivity index (χ2n) is 6.14. The molecule has 0 bridgehead atoms. The van der Waals surface area contributed by atoms with Gasteiger partial charge in [-0.2, -0.15) is 13.2 Å². The number of fused-ring (bicyclic) bond motifs is 3. The van der Waals surface area contributed by atoms with Gasteiger partial charge in [-0.15, -0.1) is 0 Å². The third kappa shape index (κ3) is 2.94. The Kier molecular flexibility index (Phi) is 3.85. The molecule has 132 valence electrons. The standard InChI is InChI=1S/C18H16F3NO3/c19-18(20,21)11-4-5-14-13(9-11)16-17(25-7-6-24-16)15(22-14)10-2-1-3-12(23)8-10/h1-5,8-9,15-17,22-23H,6-7H2/t15-,16+,17-/m0/s1. The molecule has 0 radical (unpaired) electrons. The molecular formula is C18H16F3NO3. The van der Waals surface area contributed by atoms with Crippen LogP contribution in [-0.4, -0.2) is 24.4 Å². The van der Waals surface area contributed by atoms with Gasteiger partial charge in [-0.25, -0.2) is 0 Å². The molecule has 1 saturated heterocycles. The van der Waals surface area contributed by atoms with Crippen LogP contribution in [0.15, 0.2) is 42.5 Å². The molecule has 0 unspecified atom stereocenters. The lowest BCUT2D eigenvalue weighted by atomic mass is 9.87. The van der Waals surface area contributed by atoms with Crippen molar-refractivity contribution in [2.45, 2.75) is 24.4 Å². The third-order valence-electron chi connectivity index (χ3n) is 4.54. The number of alkyl halides is 3. The Morgan fingerprint density at radius 1 is 1.04 bits per heavy atom. The summed E-state index contributed by atoms with van der Waals surface area (Å²) >= 11 is 0. The maximum absolute atomic E-state index is 13.0. The summed E-state index contributed by atoms with van der Waals surface area (Å²) in [6.45, 7) is 0.691. The Balaban J connectivity index is 1.78. The molecule has 2 aliphatic rings. The fourth-order valence-corrected chi connectivity index (χ4v) is 3.43. The summed E-state index contributed by atoms with van der Waals surface area (Å²) in [5, 5.41) is 13.0. The molecular weight excluding hydrogens is 335 g/mol. The monoisotopic (exact) mass is 351 g/mol. The predicted molar refractivity (Wildman–Crippen MR) is 84.3 cm³/mol. The molecule has 2 aromatic carbocycles. The molecule has 7 heteroatoms. The van der Waals surface area contributed by atoms with E-state index in [-0.39, 0.29) is 11.8 Å². The zero-order valence-corrected chi connectivity index (χ0v) is 13.1. The summed E-state index contributed by atoms with van der Waals surface area (Å²) in [5.41, 5.74) is 1.09. The lowest BCUT2D eigenvalue weighted by Gasteiger charge is -2.43. The highest BCUT2D eigenvalue weighted by atomic mass is 19.4. The minimum absolute atomic E-state index is 0.116. The largest absolute Gasteiger partial charge is 0.508 e. The highest BCUT2D eigenvalue weighted by molar-refractivity contribution is 5.59. The Bertz CT molecular complexity index is 793. The first-order chi connectivity index (χ1) is 11.9. The molecule has 0 spiro atoms. The molecule has 2 aliphatic heterocycles. The van der Waals surface area contributed by atoms with Crippen LogP contribution in [0.2, 0.25) is 0 Å². The van der Waals surface area contributed by atoms with Crippen molar-refractivity contribution < 1.29 is 27.8 Å². The Hall–Kier alpha value is -2.25. The molecule has 0 aliphatic carbocycles. The molecule has 0 amide bonds. The maximum atomic E-state index is 13.0. The summed E-state index contributed by atoms with van der Waals surface area (Å²) in [4.78, 5) is 0. The number of nitrogens with one attached hydrogen (secondary N) is 1. The number of rotatable bonds is 1. The number of hydrogen-bond acceptors (Lipinski definition) is 4. The minimum Gasteiger partial charge on any atom is -0.508 e. The van der Waals surface area contributed by atoms with Crippen LogP contribution in [0.4, 0.5) is 18.9 Å². The summed E-state index contributed by atoms with van der Waals surface area (Å²) < 4.78 is 50.7. The van der Waals surface area contributed by atoms with Crippen molar-refractivity contribution in [2.75, 3.05) is 18.5 Å². The van der Waals surface area contributed by atoms with Crippen molar-refractivity contribution in [3.63, 3.8) is 0 Å². The molecule has 0 aromatic heterocycles. The van der Waals surface area contributed by atoms with Gasteiger partial charge in [0.15, 0.2) is 0 Å². The fraction of sp³-hybridized carbons (Fsp3) is 0.333. The molecule has 3 atom stereocenters. The fourth-order valence-electron chi connectivity index (χ4n) is 3.43. The molecule has 2 heterocycles. The first-order valence-electron chi connectivity index (χ1n) is 7.93. The zero-order valence-electron chi connectivity index (χ0n) is 13.1. The molecule has 2 aromatic rings. The van der Waals surface area contributed by atoms with E-state index in [9.17, 15) is 18.3 Å². The van der Waals surface area contributed by atoms with Crippen LogP contribution in [-0.2, 0) is 15.7 Å². The number of phenolic OH excluding ortho intramolecular Hbond substituents is 1. The summed E-state index contributed by atoms with van der Waals surface area (Å²) in [6, 6.07) is 9.98. The van der Waals surface area contributed by atoms with Gasteiger partial charge in [0.2, 0.25) is 0 Å². The van der Waals surface area contributed by atoms with E-state index < -0.39 is 23.9 Å². The van der Waals surface area contributed by atoms with Gasteiger partial charge in [-0.1, -0.05) is 12.1 Å². The van der Waals surface area contributed by atoms with Crippen molar-refractivity contribution in [2.24, 2.45) is 0 Å². The van der Waals surface area contributed by atoms with Crippen LogP contribution in [0.1, 0.15) is 28.8 Å². The summed E-state index contributed by atoms with van der Waals surface area (Å²) in [7, 11) is 0. The SMILES string of the molecule is Oc1cccc([C@@H]2Nc3ccc(C(F)(F)F)cc3[C@H]3OCCO[C@H]32)c1. The number of benzene rings is 2. The number of halogens is 3. The normalized spacial score (nSPS) is 25.6. The number of anilines is 1. The lowest BCUT2D eigenvalue weighted by molar-refractivity contribution is -0.152. The van der Waals surface area contributed by atoms with E-state index >= 15 is 0 Å².